The number of rotatable bonds is 5. The van der Waals surface area contributed by atoms with Crippen molar-refractivity contribution in [2.75, 3.05) is 19.6 Å². The zero-order chi connectivity index (χ0) is 10.7. The molecule has 0 atom stereocenters. The molecule has 1 aromatic rings. The van der Waals surface area contributed by atoms with E-state index in [4.69, 9.17) is 4.42 Å². The Bertz CT molecular complexity index is 308. The molecule has 2 heterocycles. The predicted molar refractivity (Wildman–Crippen MR) is 56.4 cm³/mol. The summed E-state index contributed by atoms with van der Waals surface area (Å²) in [6.07, 6.45) is 0.810. The van der Waals surface area contributed by atoms with E-state index in [1.165, 1.54) is 0 Å². The van der Waals surface area contributed by atoms with Crippen LogP contribution in [0.15, 0.2) is 4.42 Å². The van der Waals surface area contributed by atoms with Gasteiger partial charge in [-0.1, -0.05) is 13.8 Å². The second kappa shape index (κ2) is 4.72. The first-order valence-corrected chi connectivity index (χ1v) is 5.59. The molecule has 1 aromatic heterocycles. The summed E-state index contributed by atoms with van der Waals surface area (Å²) in [5.41, 5.74) is 0. The van der Waals surface area contributed by atoms with Crippen molar-refractivity contribution >= 4 is 0 Å². The molecule has 15 heavy (non-hydrogen) atoms. The lowest BCUT2D eigenvalue weighted by Crippen LogP contribution is -2.56. The Balaban J connectivity index is 1.93. The second-order valence-electron chi connectivity index (χ2n) is 3.82. The molecule has 5 heteroatoms. The fourth-order valence-electron chi connectivity index (χ4n) is 1.70. The summed E-state index contributed by atoms with van der Waals surface area (Å²) in [5.74, 6) is 1.47. The molecule has 0 spiro atoms. The summed E-state index contributed by atoms with van der Waals surface area (Å²) >= 11 is 0. The first-order valence-electron chi connectivity index (χ1n) is 5.59. The Morgan fingerprint density at radius 3 is 2.53 bits per heavy atom. The Morgan fingerprint density at radius 2 is 2.07 bits per heavy atom. The molecule has 0 aliphatic carbocycles. The molecule has 0 radical (unpaired) electrons. The number of nitrogens with zero attached hydrogens (tertiary/aromatic N) is 3. The Kier molecular flexibility index (Phi) is 3.33. The van der Waals surface area contributed by atoms with Gasteiger partial charge in [0.1, 0.15) is 0 Å². The maximum atomic E-state index is 5.50. The zero-order valence-electron chi connectivity index (χ0n) is 9.36. The van der Waals surface area contributed by atoms with Crippen LogP contribution in [-0.2, 0) is 13.0 Å². The van der Waals surface area contributed by atoms with E-state index in [0.29, 0.717) is 6.04 Å². The SMILES string of the molecule is CCc1nnc(CN(CC)C2CNC2)o1. The molecular formula is C10H18N4O. The van der Waals surface area contributed by atoms with E-state index in [9.17, 15) is 0 Å². The van der Waals surface area contributed by atoms with Gasteiger partial charge in [0.25, 0.3) is 0 Å². The lowest BCUT2D eigenvalue weighted by atomic mass is 10.1. The maximum absolute atomic E-state index is 5.50. The highest BCUT2D eigenvalue weighted by molar-refractivity contribution is 4.88. The van der Waals surface area contributed by atoms with Gasteiger partial charge in [0.2, 0.25) is 11.8 Å². The molecule has 0 saturated carbocycles. The van der Waals surface area contributed by atoms with Gasteiger partial charge >= 0.3 is 0 Å². The zero-order valence-corrected chi connectivity index (χ0v) is 9.36. The largest absolute Gasteiger partial charge is 0.424 e. The van der Waals surface area contributed by atoms with Gasteiger partial charge < -0.3 is 9.73 Å². The van der Waals surface area contributed by atoms with E-state index in [-0.39, 0.29) is 0 Å². The van der Waals surface area contributed by atoms with Crippen LogP contribution in [0.1, 0.15) is 25.6 Å². The summed E-state index contributed by atoms with van der Waals surface area (Å²) < 4.78 is 5.50. The fraction of sp³-hybridized carbons (Fsp3) is 0.800. The van der Waals surface area contributed by atoms with Gasteiger partial charge in [0, 0.05) is 25.6 Å². The topological polar surface area (TPSA) is 54.2 Å². The van der Waals surface area contributed by atoms with Crippen LogP contribution in [0.5, 0.6) is 0 Å². The summed E-state index contributed by atoms with van der Waals surface area (Å²) in [7, 11) is 0. The van der Waals surface area contributed by atoms with Gasteiger partial charge in [-0.15, -0.1) is 10.2 Å². The number of hydrogen-bond donors (Lipinski definition) is 1. The van der Waals surface area contributed by atoms with E-state index in [2.05, 4.69) is 27.3 Å². The number of aromatic nitrogens is 2. The van der Waals surface area contributed by atoms with Crippen molar-refractivity contribution in [2.45, 2.75) is 32.9 Å². The molecule has 5 nitrogen and oxygen atoms in total. The molecule has 0 aromatic carbocycles. The lowest BCUT2D eigenvalue weighted by Gasteiger charge is -2.36. The summed E-state index contributed by atoms with van der Waals surface area (Å²) in [5, 5.41) is 11.3. The molecule has 84 valence electrons. The van der Waals surface area contributed by atoms with Crippen molar-refractivity contribution in [3.8, 4) is 0 Å². The molecular weight excluding hydrogens is 192 g/mol. The van der Waals surface area contributed by atoms with Crippen molar-refractivity contribution in [1.29, 1.82) is 0 Å². The minimum absolute atomic E-state index is 0.631. The van der Waals surface area contributed by atoms with Crippen molar-refractivity contribution < 1.29 is 4.42 Å². The van der Waals surface area contributed by atoms with Gasteiger partial charge in [-0.25, -0.2) is 0 Å². The Hall–Kier alpha value is -0.940. The van der Waals surface area contributed by atoms with Crippen LogP contribution < -0.4 is 5.32 Å². The Morgan fingerprint density at radius 1 is 1.33 bits per heavy atom. The van der Waals surface area contributed by atoms with Gasteiger partial charge in [-0.3, -0.25) is 4.90 Å². The van der Waals surface area contributed by atoms with Crippen LogP contribution in [0.2, 0.25) is 0 Å². The standard InChI is InChI=1S/C10H18N4O/c1-3-9-12-13-10(15-9)7-14(4-2)8-5-11-6-8/h8,11H,3-7H2,1-2H3. The molecule has 1 saturated heterocycles. The van der Waals surface area contributed by atoms with Gasteiger partial charge in [0.05, 0.1) is 6.54 Å². The number of nitrogens with one attached hydrogen (secondary N) is 1. The minimum Gasteiger partial charge on any atom is -0.424 e. The highest BCUT2D eigenvalue weighted by atomic mass is 16.4. The van der Waals surface area contributed by atoms with Crippen molar-refractivity contribution in [3.63, 3.8) is 0 Å². The fourth-order valence-corrected chi connectivity index (χ4v) is 1.70. The van der Waals surface area contributed by atoms with Crippen LogP contribution in [0, 0.1) is 0 Å². The molecule has 0 unspecified atom stereocenters. The molecule has 0 amide bonds. The van der Waals surface area contributed by atoms with E-state index >= 15 is 0 Å². The van der Waals surface area contributed by atoms with Crippen molar-refractivity contribution in [2.24, 2.45) is 0 Å². The van der Waals surface area contributed by atoms with Gasteiger partial charge in [-0.2, -0.15) is 0 Å². The van der Waals surface area contributed by atoms with E-state index < -0.39 is 0 Å². The van der Waals surface area contributed by atoms with Crippen molar-refractivity contribution in [3.05, 3.63) is 11.8 Å². The maximum Gasteiger partial charge on any atom is 0.230 e. The highest BCUT2D eigenvalue weighted by Gasteiger charge is 2.24. The number of likely N-dealkylation sites (N-methyl/N-ethyl adjacent to an activating group) is 1. The average molecular weight is 210 g/mol. The third kappa shape index (κ3) is 2.35. The van der Waals surface area contributed by atoms with E-state index in [1.807, 2.05) is 6.92 Å². The highest BCUT2D eigenvalue weighted by Crippen LogP contribution is 2.10. The Labute approximate surface area is 89.9 Å². The molecule has 1 aliphatic rings. The van der Waals surface area contributed by atoms with E-state index in [1.54, 1.807) is 0 Å². The molecule has 1 aliphatic heterocycles. The average Bonchev–Trinajstić information content (AvgIpc) is 2.61. The molecule has 0 bridgehead atoms. The van der Waals surface area contributed by atoms with Gasteiger partial charge in [-0.05, 0) is 6.54 Å². The number of aryl methyl sites for hydroxylation is 1. The summed E-state index contributed by atoms with van der Waals surface area (Å²) in [4.78, 5) is 2.36. The third-order valence-corrected chi connectivity index (χ3v) is 2.83. The first-order chi connectivity index (χ1) is 7.33. The smallest absolute Gasteiger partial charge is 0.230 e. The monoisotopic (exact) mass is 210 g/mol. The van der Waals surface area contributed by atoms with Crippen LogP contribution in [-0.4, -0.2) is 40.8 Å². The van der Waals surface area contributed by atoms with Crippen LogP contribution in [0.4, 0.5) is 0 Å². The molecule has 1 fully saturated rings. The normalized spacial score (nSPS) is 17.0. The first kappa shape index (κ1) is 10.6. The quantitative estimate of drug-likeness (QED) is 0.763. The van der Waals surface area contributed by atoms with Crippen molar-refractivity contribution in [1.82, 2.24) is 20.4 Å². The molecule has 1 N–H and O–H groups in total. The van der Waals surface area contributed by atoms with Gasteiger partial charge in [0.15, 0.2) is 0 Å². The summed E-state index contributed by atoms with van der Waals surface area (Å²) in [6, 6.07) is 0.631. The molecule has 2 rings (SSSR count). The predicted octanol–water partition coefficient (Wildman–Crippen LogP) is 0.426. The minimum atomic E-state index is 0.631. The van der Waals surface area contributed by atoms with Crippen LogP contribution in [0.3, 0.4) is 0 Å². The third-order valence-electron chi connectivity index (χ3n) is 2.83. The summed E-state index contributed by atoms with van der Waals surface area (Å²) in [6.45, 7) is 8.12. The van der Waals surface area contributed by atoms with E-state index in [0.717, 1.165) is 44.4 Å². The van der Waals surface area contributed by atoms with Crippen LogP contribution in [0.25, 0.3) is 0 Å². The second-order valence-corrected chi connectivity index (χ2v) is 3.82. The van der Waals surface area contributed by atoms with Crippen LogP contribution >= 0.6 is 0 Å². The lowest BCUT2D eigenvalue weighted by molar-refractivity contribution is 0.132. The number of hydrogen-bond acceptors (Lipinski definition) is 5.